The zero-order valence-corrected chi connectivity index (χ0v) is 10.1. The number of rotatable bonds is 5. The maximum absolute atomic E-state index is 12.0. The first-order chi connectivity index (χ1) is 8.27. The number of pyridine rings is 1. The summed E-state index contributed by atoms with van der Waals surface area (Å²) >= 11 is 0. The molecule has 1 aromatic heterocycles. The van der Waals surface area contributed by atoms with Crippen molar-refractivity contribution >= 4 is 6.29 Å². The molecule has 0 bridgehead atoms. The van der Waals surface area contributed by atoms with E-state index >= 15 is 0 Å². The van der Waals surface area contributed by atoms with Gasteiger partial charge in [0.05, 0.1) is 5.56 Å². The van der Waals surface area contributed by atoms with Crippen LogP contribution in [0.4, 0.5) is 0 Å². The van der Waals surface area contributed by atoms with E-state index in [9.17, 15) is 9.59 Å². The van der Waals surface area contributed by atoms with E-state index < -0.39 is 0 Å². The maximum atomic E-state index is 12.0. The average molecular weight is 235 g/mol. The Balaban J connectivity index is 2.37. The highest BCUT2D eigenvalue weighted by Crippen LogP contribution is 2.21. The van der Waals surface area contributed by atoms with Gasteiger partial charge >= 0.3 is 0 Å². The molecule has 0 saturated heterocycles. The highest BCUT2D eigenvalue weighted by Gasteiger charge is 2.18. The van der Waals surface area contributed by atoms with E-state index in [4.69, 9.17) is 4.74 Å². The minimum Gasteiger partial charge on any atom is -0.385 e. The van der Waals surface area contributed by atoms with Crippen LogP contribution in [0.25, 0.3) is 0 Å². The molecule has 1 aliphatic carbocycles. The van der Waals surface area contributed by atoms with Crippen LogP contribution in [-0.2, 0) is 24.1 Å². The molecule has 0 spiro atoms. The largest absolute Gasteiger partial charge is 0.385 e. The Labute approximate surface area is 100 Å². The van der Waals surface area contributed by atoms with Crippen LogP contribution in [0.3, 0.4) is 0 Å². The molecule has 1 aliphatic rings. The minimum absolute atomic E-state index is 0.156. The van der Waals surface area contributed by atoms with Crippen LogP contribution < -0.4 is 5.56 Å². The normalized spacial score (nSPS) is 13.7. The SMILES string of the molecule is COCCCn1c2c(cc(C=O)c1=O)CCC2. The van der Waals surface area contributed by atoms with Gasteiger partial charge in [0, 0.05) is 26.0 Å². The molecule has 17 heavy (non-hydrogen) atoms. The number of aryl methyl sites for hydroxylation is 1. The number of fused-ring (bicyclic) bond motifs is 1. The lowest BCUT2D eigenvalue weighted by Gasteiger charge is -2.12. The van der Waals surface area contributed by atoms with E-state index in [-0.39, 0.29) is 11.1 Å². The number of hydrogen-bond acceptors (Lipinski definition) is 3. The molecule has 0 aliphatic heterocycles. The molecule has 0 saturated carbocycles. The highest BCUT2D eigenvalue weighted by molar-refractivity contribution is 5.74. The molecule has 0 radical (unpaired) electrons. The smallest absolute Gasteiger partial charge is 0.261 e. The van der Waals surface area contributed by atoms with Gasteiger partial charge in [-0.15, -0.1) is 0 Å². The number of aldehydes is 1. The topological polar surface area (TPSA) is 48.3 Å². The molecular weight excluding hydrogens is 218 g/mol. The van der Waals surface area contributed by atoms with Crippen molar-refractivity contribution in [1.29, 1.82) is 0 Å². The van der Waals surface area contributed by atoms with Crippen molar-refractivity contribution in [1.82, 2.24) is 4.57 Å². The van der Waals surface area contributed by atoms with Gasteiger partial charge in [-0.2, -0.15) is 0 Å². The molecule has 4 heteroatoms. The van der Waals surface area contributed by atoms with Crippen LogP contribution in [0.1, 0.15) is 34.5 Å². The Hall–Kier alpha value is -1.42. The van der Waals surface area contributed by atoms with Crippen LogP contribution in [0.5, 0.6) is 0 Å². The van der Waals surface area contributed by atoms with Gasteiger partial charge in [0.25, 0.3) is 5.56 Å². The molecule has 2 rings (SSSR count). The number of ether oxygens (including phenoxy) is 1. The summed E-state index contributed by atoms with van der Waals surface area (Å²) in [5.74, 6) is 0. The predicted octanol–water partition coefficient (Wildman–Crippen LogP) is 1.19. The molecule has 92 valence electrons. The van der Waals surface area contributed by atoms with Crippen LogP contribution in [0.2, 0.25) is 0 Å². The zero-order valence-electron chi connectivity index (χ0n) is 10.1. The van der Waals surface area contributed by atoms with Gasteiger partial charge in [0.1, 0.15) is 0 Å². The first-order valence-electron chi connectivity index (χ1n) is 5.97. The number of hydrogen-bond donors (Lipinski definition) is 0. The Morgan fingerprint density at radius 2 is 2.29 bits per heavy atom. The second kappa shape index (κ2) is 5.27. The quantitative estimate of drug-likeness (QED) is 0.569. The molecule has 0 aromatic carbocycles. The lowest BCUT2D eigenvalue weighted by molar-refractivity contribution is 0.112. The van der Waals surface area contributed by atoms with Gasteiger partial charge < -0.3 is 9.30 Å². The van der Waals surface area contributed by atoms with Gasteiger partial charge in [-0.25, -0.2) is 0 Å². The summed E-state index contributed by atoms with van der Waals surface area (Å²) in [5, 5.41) is 0. The van der Waals surface area contributed by atoms with Crippen LogP contribution in [-0.4, -0.2) is 24.6 Å². The fraction of sp³-hybridized carbons (Fsp3) is 0.538. The van der Waals surface area contributed by atoms with Crippen LogP contribution in [0.15, 0.2) is 10.9 Å². The van der Waals surface area contributed by atoms with Gasteiger partial charge in [0.2, 0.25) is 0 Å². The zero-order chi connectivity index (χ0) is 12.3. The summed E-state index contributed by atoms with van der Waals surface area (Å²) in [6.45, 7) is 1.27. The van der Waals surface area contributed by atoms with Crippen molar-refractivity contribution in [3.8, 4) is 0 Å². The minimum atomic E-state index is -0.156. The first-order valence-corrected chi connectivity index (χ1v) is 5.97. The summed E-state index contributed by atoms with van der Waals surface area (Å²) in [6.07, 6.45) is 4.44. The number of carbonyl (C=O) groups is 1. The molecule has 1 aromatic rings. The van der Waals surface area contributed by atoms with Crippen molar-refractivity contribution in [3.05, 3.63) is 33.2 Å². The molecule has 1 heterocycles. The van der Waals surface area contributed by atoms with Crippen LogP contribution in [0, 0.1) is 0 Å². The Morgan fingerprint density at radius 1 is 1.47 bits per heavy atom. The summed E-state index contributed by atoms with van der Waals surface area (Å²) in [7, 11) is 1.65. The van der Waals surface area contributed by atoms with E-state index in [2.05, 4.69) is 0 Å². The molecule has 0 amide bonds. The molecule has 0 fully saturated rings. The maximum Gasteiger partial charge on any atom is 0.261 e. The Kier molecular flexibility index (Phi) is 3.74. The van der Waals surface area contributed by atoms with Crippen molar-refractivity contribution < 1.29 is 9.53 Å². The predicted molar refractivity (Wildman–Crippen MR) is 64.6 cm³/mol. The number of carbonyl (C=O) groups excluding carboxylic acids is 1. The summed E-state index contributed by atoms with van der Waals surface area (Å²) in [4.78, 5) is 22.9. The van der Waals surface area contributed by atoms with Gasteiger partial charge in [0.15, 0.2) is 6.29 Å². The first kappa shape index (κ1) is 12.0. The standard InChI is InChI=1S/C13H17NO3/c1-17-7-3-6-14-12-5-2-4-10(12)8-11(9-15)13(14)16/h8-9H,2-7H2,1H3. The van der Waals surface area contributed by atoms with Crippen molar-refractivity contribution in [3.63, 3.8) is 0 Å². The lowest BCUT2D eigenvalue weighted by Crippen LogP contribution is -2.27. The second-order valence-electron chi connectivity index (χ2n) is 4.35. The monoisotopic (exact) mass is 235 g/mol. The molecule has 0 unspecified atom stereocenters. The van der Waals surface area contributed by atoms with Gasteiger partial charge in [-0.05, 0) is 37.3 Å². The number of methoxy groups -OCH3 is 1. The fourth-order valence-electron chi connectivity index (χ4n) is 2.43. The summed E-state index contributed by atoms with van der Waals surface area (Å²) < 4.78 is 6.75. The Morgan fingerprint density at radius 3 is 3.00 bits per heavy atom. The third-order valence-corrected chi connectivity index (χ3v) is 3.24. The van der Waals surface area contributed by atoms with Crippen molar-refractivity contribution in [2.75, 3.05) is 13.7 Å². The highest BCUT2D eigenvalue weighted by atomic mass is 16.5. The second-order valence-corrected chi connectivity index (χ2v) is 4.35. The van der Waals surface area contributed by atoms with Gasteiger partial charge in [-0.1, -0.05) is 0 Å². The summed E-state index contributed by atoms with van der Waals surface area (Å²) in [6, 6.07) is 1.75. The van der Waals surface area contributed by atoms with Crippen molar-refractivity contribution in [2.24, 2.45) is 0 Å². The van der Waals surface area contributed by atoms with E-state index in [0.29, 0.717) is 19.4 Å². The third-order valence-electron chi connectivity index (χ3n) is 3.24. The van der Waals surface area contributed by atoms with Crippen molar-refractivity contribution in [2.45, 2.75) is 32.2 Å². The Bertz CT molecular complexity index is 476. The lowest BCUT2D eigenvalue weighted by atomic mass is 10.1. The summed E-state index contributed by atoms with van der Waals surface area (Å²) in [5.41, 5.74) is 2.39. The van der Waals surface area contributed by atoms with Gasteiger partial charge in [-0.3, -0.25) is 9.59 Å². The molecular formula is C13H17NO3. The van der Waals surface area contributed by atoms with E-state index in [0.717, 1.165) is 36.9 Å². The average Bonchev–Trinajstić information content (AvgIpc) is 2.79. The fourth-order valence-corrected chi connectivity index (χ4v) is 2.43. The third kappa shape index (κ3) is 2.31. The van der Waals surface area contributed by atoms with E-state index in [1.807, 2.05) is 0 Å². The molecule has 0 N–H and O–H groups in total. The van der Waals surface area contributed by atoms with Crippen LogP contribution >= 0.6 is 0 Å². The number of nitrogens with zero attached hydrogens (tertiary/aromatic N) is 1. The molecule has 0 atom stereocenters. The van der Waals surface area contributed by atoms with E-state index in [1.54, 1.807) is 17.7 Å². The number of aromatic nitrogens is 1. The molecule has 4 nitrogen and oxygen atoms in total. The van der Waals surface area contributed by atoms with E-state index in [1.165, 1.54) is 0 Å².